The molecule has 3 aromatic rings. The molecule has 1 aromatic heterocycles. The molecule has 4 heteroatoms. The predicted octanol–water partition coefficient (Wildman–Crippen LogP) is 3.55. The van der Waals surface area contributed by atoms with Gasteiger partial charge in [-0.05, 0) is 30.3 Å². The van der Waals surface area contributed by atoms with E-state index >= 15 is 0 Å². The van der Waals surface area contributed by atoms with Gasteiger partial charge < -0.3 is 10.5 Å². The lowest BCUT2D eigenvalue weighted by Crippen LogP contribution is -1.86. The summed E-state index contributed by atoms with van der Waals surface area (Å²) in [7, 11) is 1.67. The van der Waals surface area contributed by atoms with Crippen LogP contribution in [0.4, 0.5) is 5.69 Å². The number of rotatable bonds is 2. The number of nitrogen functional groups attached to an aromatic ring is 1. The number of benzene rings is 2. The van der Waals surface area contributed by atoms with Gasteiger partial charge in [0.1, 0.15) is 10.8 Å². The molecule has 0 saturated heterocycles. The molecule has 0 amide bonds. The minimum Gasteiger partial charge on any atom is -0.496 e. The molecule has 1 heterocycles. The Kier molecular flexibility index (Phi) is 2.64. The van der Waals surface area contributed by atoms with Gasteiger partial charge in [-0.3, -0.25) is 0 Å². The number of hydrogen-bond donors (Lipinski definition) is 1. The Morgan fingerprint density at radius 3 is 2.83 bits per heavy atom. The van der Waals surface area contributed by atoms with Crippen LogP contribution in [-0.4, -0.2) is 12.1 Å². The monoisotopic (exact) mass is 256 g/mol. The maximum Gasteiger partial charge on any atom is 0.129 e. The molecule has 0 unspecified atom stereocenters. The zero-order chi connectivity index (χ0) is 12.5. The third-order valence-corrected chi connectivity index (χ3v) is 3.80. The number of methoxy groups -OCH3 is 1. The number of nitrogens with zero attached hydrogens (tertiary/aromatic N) is 1. The van der Waals surface area contributed by atoms with Crippen molar-refractivity contribution in [2.45, 2.75) is 0 Å². The van der Waals surface area contributed by atoms with E-state index in [1.54, 1.807) is 18.4 Å². The third kappa shape index (κ3) is 1.80. The number of fused-ring (bicyclic) bond motifs is 1. The Bertz CT molecular complexity index is 706. The van der Waals surface area contributed by atoms with Gasteiger partial charge in [0.05, 0.1) is 22.9 Å². The van der Waals surface area contributed by atoms with Gasteiger partial charge in [0, 0.05) is 5.69 Å². The highest BCUT2D eigenvalue weighted by molar-refractivity contribution is 7.21. The van der Waals surface area contributed by atoms with Gasteiger partial charge in [0.25, 0.3) is 0 Å². The lowest BCUT2D eigenvalue weighted by Gasteiger charge is -2.04. The molecule has 0 atom stereocenters. The number of para-hydroxylation sites is 1. The summed E-state index contributed by atoms with van der Waals surface area (Å²) in [6, 6.07) is 13.7. The van der Waals surface area contributed by atoms with Gasteiger partial charge in [-0.15, -0.1) is 11.3 Å². The highest BCUT2D eigenvalue weighted by Crippen LogP contribution is 2.35. The maximum absolute atomic E-state index is 5.78. The first-order valence-electron chi connectivity index (χ1n) is 5.57. The van der Waals surface area contributed by atoms with Crippen LogP contribution in [0.15, 0.2) is 42.5 Å². The molecule has 3 rings (SSSR count). The van der Waals surface area contributed by atoms with Crippen LogP contribution < -0.4 is 10.5 Å². The van der Waals surface area contributed by atoms with Crippen LogP contribution in [0.1, 0.15) is 0 Å². The highest BCUT2D eigenvalue weighted by Gasteiger charge is 2.10. The fraction of sp³-hybridized carbons (Fsp3) is 0.0714. The molecule has 0 radical (unpaired) electrons. The highest BCUT2D eigenvalue weighted by atomic mass is 32.1. The third-order valence-electron chi connectivity index (χ3n) is 2.75. The van der Waals surface area contributed by atoms with Crippen molar-refractivity contribution in [3.05, 3.63) is 42.5 Å². The first kappa shape index (κ1) is 11.0. The molecule has 2 N–H and O–H groups in total. The van der Waals surface area contributed by atoms with E-state index in [1.165, 1.54) is 0 Å². The normalized spacial score (nSPS) is 10.7. The van der Waals surface area contributed by atoms with E-state index < -0.39 is 0 Å². The van der Waals surface area contributed by atoms with Crippen LogP contribution in [0.25, 0.3) is 20.8 Å². The van der Waals surface area contributed by atoms with Crippen LogP contribution in [0, 0.1) is 0 Å². The number of anilines is 1. The van der Waals surface area contributed by atoms with Gasteiger partial charge in [-0.1, -0.05) is 12.1 Å². The summed E-state index contributed by atoms with van der Waals surface area (Å²) in [5.41, 5.74) is 8.53. The van der Waals surface area contributed by atoms with E-state index in [0.29, 0.717) is 0 Å². The minimum atomic E-state index is 0.762. The topological polar surface area (TPSA) is 48.1 Å². The number of nitrogens with two attached hydrogens (primary N) is 1. The quantitative estimate of drug-likeness (QED) is 0.713. The van der Waals surface area contributed by atoms with Gasteiger partial charge in [0.2, 0.25) is 0 Å². The van der Waals surface area contributed by atoms with Crippen molar-refractivity contribution in [2.24, 2.45) is 0 Å². The van der Waals surface area contributed by atoms with Gasteiger partial charge in [0.15, 0.2) is 0 Å². The summed E-state index contributed by atoms with van der Waals surface area (Å²) in [4.78, 5) is 4.62. The standard InChI is InChI=1S/C14H12N2OS/c1-17-12-5-3-2-4-10(12)14-16-11-7-6-9(15)8-13(11)18-14/h2-8H,15H2,1H3. The molecule has 2 aromatic carbocycles. The van der Waals surface area contributed by atoms with E-state index in [1.807, 2.05) is 42.5 Å². The van der Waals surface area contributed by atoms with Gasteiger partial charge in [-0.2, -0.15) is 0 Å². The molecular weight excluding hydrogens is 244 g/mol. The maximum atomic E-state index is 5.78. The van der Waals surface area contributed by atoms with E-state index in [0.717, 1.165) is 32.2 Å². The zero-order valence-corrected chi connectivity index (χ0v) is 10.7. The number of ether oxygens (including phenoxy) is 1. The summed E-state index contributed by atoms with van der Waals surface area (Å²) >= 11 is 1.62. The van der Waals surface area contributed by atoms with Crippen LogP contribution in [0.2, 0.25) is 0 Å². The van der Waals surface area contributed by atoms with E-state index in [9.17, 15) is 0 Å². The largest absolute Gasteiger partial charge is 0.496 e. The lowest BCUT2D eigenvalue weighted by molar-refractivity contribution is 0.416. The molecule has 0 fully saturated rings. The second-order valence-electron chi connectivity index (χ2n) is 3.95. The molecule has 0 bridgehead atoms. The predicted molar refractivity (Wildman–Crippen MR) is 76.0 cm³/mol. The average molecular weight is 256 g/mol. The van der Waals surface area contributed by atoms with Crippen LogP contribution in [0.3, 0.4) is 0 Å². The number of aromatic nitrogens is 1. The second kappa shape index (κ2) is 4.31. The Morgan fingerprint density at radius 2 is 2.00 bits per heavy atom. The molecule has 3 nitrogen and oxygen atoms in total. The van der Waals surface area contributed by atoms with Crippen molar-refractivity contribution in [1.29, 1.82) is 0 Å². The molecule has 90 valence electrons. The summed E-state index contributed by atoms with van der Waals surface area (Å²) in [5.74, 6) is 0.838. The zero-order valence-electron chi connectivity index (χ0n) is 9.88. The van der Waals surface area contributed by atoms with Gasteiger partial charge >= 0.3 is 0 Å². The van der Waals surface area contributed by atoms with Crippen molar-refractivity contribution in [3.8, 4) is 16.3 Å². The summed E-state index contributed by atoms with van der Waals surface area (Å²) < 4.78 is 6.45. The van der Waals surface area contributed by atoms with Crippen LogP contribution in [-0.2, 0) is 0 Å². The second-order valence-corrected chi connectivity index (χ2v) is 4.98. The minimum absolute atomic E-state index is 0.762. The number of hydrogen-bond acceptors (Lipinski definition) is 4. The van der Waals surface area contributed by atoms with Crippen LogP contribution in [0.5, 0.6) is 5.75 Å². The van der Waals surface area contributed by atoms with Crippen molar-refractivity contribution in [3.63, 3.8) is 0 Å². The smallest absolute Gasteiger partial charge is 0.129 e. The van der Waals surface area contributed by atoms with Crippen LogP contribution >= 0.6 is 11.3 Å². The molecule has 18 heavy (non-hydrogen) atoms. The van der Waals surface area contributed by atoms with Crippen molar-refractivity contribution < 1.29 is 4.74 Å². The fourth-order valence-corrected chi connectivity index (χ4v) is 2.92. The van der Waals surface area contributed by atoms with Crippen molar-refractivity contribution in [2.75, 3.05) is 12.8 Å². The molecule has 0 aliphatic rings. The van der Waals surface area contributed by atoms with Gasteiger partial charge in [-0.25, -0.2) is 4.98 Å². The van der Waals surface area contributed by atoms with E-state index in [4.69, 9.17) is 10.5 Å². The van der Waals surface area contributed by atoms with Crippen molar-refractivity contribution >= 4 is 27.2 Å². The Labute approximate surface area is 109 Å². The van der Waals surface area contributed by atoms with E-state index in [2.05, 4.69) is 4.98 Å². The fourth-order valence-electron chi connectivity index (χ4n) is 1.88. The molecular formula is C14H12N2OS. The SMILES string of the molecule is COc1ccccc1-c1nc2ccc(N)cc2s1. The molecule has 0 aliphatic carbocycles. The van der Waals surface area contributed by atoms with Crippen molar-refractivity contribution in [1.82, 2.24) is 4.98 Å². The van der Waals surface area contributed by atoms with E-state index in [-0.39, 0.29) is 0 Å². The molecule has 0 spiro atoms. The molecule has 0 aliphatic heterocycles. The summed E-state index contributed by atoms with van der Waals surface area (Å²) in [5, 5.41) is 0.952. The Hall–Kier alpha value is -2.07. The first-order valence-corrected chi connectivity index (χ1v) is 6.39. The summed E-state index contributed by atoms with van der Waals surface area (Å²) in [6.45, 7) is 0. The average Bonchev–Trinajstić information content (AvgIpc) is 2.81. The Morgan fingerprint density at radius 1 is 1.17 bits per heavy atom. The molecule has 0 saturated carbocycles. The first-order chi connectivity index (χ1) is 8.78. The summed E-state index contributed by atoms with van der Waals surface area (Å²) in [6.07, 6.45) is 0. The number of thiazole rings is 1. The lowest BCUT2D eigenvalue weighted by atomic mass is 10.2. The Balaban J connectivity index is 2.19.